The van der Waals surface area contributed by atoms with E-state index in [1.54, 1.807) is 0 Å². The Morgan fingerprint density at radius 2 is 2.23 bits per heavy atom. The summed E-state index contributed by atoms with van der Waals surface area (Å²) < 4.78 is 0. The molecule has 0 aromatic heterocycles. The summed E-state index contributed by atoms with van der Waals surface area (Å²) in [6.07, 6.45) is 12.4. The smallest absolute Gasteiger partial charge is 0.0196 e. The molecule has 0 bridgehead atoms. The molecule has 0 fully saturated rings. The zero-order valence-corrected chi connectivity index (χ0v) is 8.33. The van der Waals surface area contributed by atoms with Gasteiger partial charge in [-0.3, -0.25) is 0 Å². The molecule has 0 saturated carbocycles. The van der Waals surface area contributed by atoms with Crippen LogP contribution in [0.4, 0.5) is 0 Å². The average molecular weight is 175 g/mol. The third-order valence-electron chi connectivity index (χ3n) is 3.16. The van der Waals surface area contributed by atoms with Crippen LogP contribution >= 0.6 is 0 Å². The first kappa shape index (κ1) is 8.76. The fourth-order valence-electron chi connectivity index (χ4n) is 2.39. The van der Waals surface area contributed by atoms with E-state index in [1.807, 2.05) is 0 Å². The first-order valence-electron chi connectivity index (χ1n) is 5.05. The van der Waals surface area contributed by atoms with Gasteiger partial charge in [-0.1, -0.05) is 37.3 Å². The fraction of sp³-hybridized carbons (Fsp3) is 0.500. The summed E-state index contributed by atoms with van der Waals surface area (Å²) in [5.41, 5.74) is 1.49. The molecule has 0 radical (unpaired) electrons. The second-order valence-corrected chi connectivity index (χ2v) is 4.00. The Labute approximate surface area is 80.2 Å². The SMILES string of the molecule is CN[C@@H]1C2C=CC=CC2=CC[C@@H]1C. The molecule has 0 spiro atoms. The number of hydrogen-bond acceptors (Lipinski definition) is 1. The highest BCUT2D eigenvalue weighted by atomic mass is 14.9. The molecule has 70 valence electrons. The fourth-order valence-corrected chi connectivity index (χ4v) is 2.39. The normalized spacial score (nSPS) is 37.1. The number of fused-ring (bicyclic) bond motifs is 1. The van der Waals surface area contributed by atoms with Gasteiger partial charge in [0, 0.05) is 12.0 Å². The maximum absolute atomic E-state index is 3.43. The lowest BCUT2D eigenvalue weighted by molar-refractivity contribution is 0.334. The van der Waals surface area contributed by atoms with Crippen LogP contribution in [-0.4, -0.2) is 13.1 Å². The van der Waals surface area contributed by atoms with Crippen molar-refractivity contribution < 1.29 is 0 Å². The van der Waals surface area contributed by atoms with E-state index in [1.165, 1.54) is 12.0 Å². The van der Waals surface area contributed by atoms with E-state index in [0.717, 1.165) is 5.92 Å². The van der Waals surface area contributed by atoms with Gasteiger partial charge in [0.05, 0.1) is 0 Å². The molecule has 3 atom stereocenters. The molecule has 2 aliphatic rings. The Morgan fingerprint density at radius 1 is 1.38 bits per heavy atom. The largest absolute Gasteiger partial charge is 0.316 e. The van der Waals surface area contributed by atoms with Gasteiger partial charge in [-0.25, -0.2) is 0 Å². The molecule has 0 aromatic rings. The maximum atomic E-state index is 3.43. The Bertz CT molecular complexity index is 273. The van der Waals surface area contributed by atoms with Crippen LogP contribution in [0.15, 0.2) is 36.0 Å². The molecule has 0 heterocycles. The van der Waals surface area contributed by atoms with Crippen molar-refractivity contribution in [3.05, 3.63) is 36.0 Å². The molecule has 13 heavy (non-hydrogen) atoms. The predicted molar refractivity (Wildman–Crippen MR) is 56.5 cm³/mol. The molecule has 0 amide bonds. The van der Waals surface area contributed by atoms with Crippen LogP contribution in [-0.2, 0) is 0 Å². The average Bonchev–Trinajstić information content (AvgIpc) is 2.18. The standard InChI is InChI=1S/C12H17N/c1-9-7-8-10-5-3-4-6-11(10)12(9)13-2/h3-6,8-9,11-13H,7H2,1-2H3/t9-,11?,12-/m0/s1. The van der Waals surface area contributed by atoms with Gasteiger partial charge in [-0.05, 0) is 25.0 Å². The molecule has 1 N–H and O–H groups in total. The molecule has 0 aliphatic heterocycles. The van der Waals surface area contributed by atoms with Crippen LogP contribution in [0.2, 0.25) is 0 Å². The van der Waals surface area contributed by atoms with Gasteiger partial charge in [0.2, 0.25) is 0 Å². The zero-order valence-electron chi connectivity index (χ0n) is 8.33. The molecule has 0 saturated heterocycles. The highest BCUT2D eigenvalue weighted by Crippen LogP contribution is 2.32. The molecule has 0 aromatic carbocycles. The molecule has 1 unspecified atom stereocenters. The van der Waals surface area contributed by atoms with Gasteiger partial charge in [0.1, 0.15) is 0 Å². The van der Waals surface area contributed by atoms with E-state index in [9.17, 15) is 0 Å². The van der Waals surface area contributed by atoms with Crippen LogP contribution in [0.5, 0.6) is 0 Å². The molecular weight excluding hydrogens is 158 g/mol. The summed E-state index contributed by atoms with van der Waals surface area (Å²) in [4.78, 5) is 0. The highest BCUT2D eigenvalue weighted by molar-refractivity contribution is 5.36. The third kappa shape index (κ3) is 1.49. The van der Waals surface area contributed by atoms with Gasteiger partial charge in [-0.2, -0.15) is 0 Å². The molecular formula is C12H17N. The summed E-state index contributed by atoms with van der Waals surface area (Å²) in [5.74, 6) is 1.34. The first-order valence-corrected chi connectivity index (χ1v) is 5.05. The van der Waals surface area contributed by atoms with Gasteiger partial charge in [0.15, 0.2) is 0 Å². The van der Waals surface area contributed by atoms with Crippen LogP contribution in [0.3, 0.4) is 0 Å². The van der Waals surface area contributed by atoms with E-state index in [0.29, 0.717) is 12.0 Å². The van der Waals surface area contributed by atoms with Crippen LogP contribution in [0.1, 0.15) is 13.3 Å². The van der Waals surface area contributed by atoms with Crippen LogP contribution in [0.25, 0.3) is 0 Å². The summed E-state index contributed by atoms with van der Waals surface area (Å²) in [7, 11) is 2.07. The van der Waals surface area contributed by atoms with E-state index < -0.39 is 0 Å². The third-order valence-corrected chi connectivity index (χ3v) is 3.16. The molecule has 2 aliphatic carbocycles. The van der Waals surface area contributed by atoms with Crippen molar-refractivity contribution in [1.29, 1.82) is 0 Å². The minimum Gasteiger partial charge on any atom is -0.316 e. The Balaban J connectivity index is 2.27. The van der Waals surface area contributed by atoms with Gasteiger partial charge in [0.25, 0.3) is 0 Å². The van der Waals surface area contributed by atoms with Crippen molar-refractivity contribution in [2.75, 3.05) is 7.05 Å². The minimum absolute atomic E-state index is 0.596. The number of nitrogens with one attached hydrogen (secondary N) is 1. The quantitative estimate of drug-likeness (QED) is 0.644. The maximum Gasteiger partial charge on any atom is 0.0196 e. The second kappa shape index (κ2) is 3.51. The molecule has 2 rings (SSSR count). The number of hydrogen-bond donors (Lipinski definition) is 1. The minimum atomic E-state index is 0.596. The summed E-state index contributed by atoms with van der Waals surface area (Å²) >= 11 is 0. The molecule has 1 heteroatoms. The lowest BCUT2D eigenvalue weighted by Crippen LogP contribution is -2.41. The number of rotatable bonds is 1. The van der Waals surface area contributed by atoms with Gasteiger partial charge in [-0.15, -0.1) is 0 Å². The van der Waals surface area contributed by atoms with Crippen molar-refractivity contribution in [1.82, 2.24) is 5.32 Å². The van der Waals surface area contributed by atoms with Gasteiger partial charge < -0.3 is 5.32 Å². The van der Waals surface area contributed by atoms with Gasteiger partial charge >= 0.3 is 0 Å². The Hall–Kier alpha value is -0.820. The Morgan fingerprint density at radius 3 is 3.00 bits per heavy atom. The van der Waals surface area contributed by atoms with Crippen molar-refractivity contribution >= 4 is 0 Å². The second-order valence-electron chi connectivity index (χ2n) is 4.00. The molecule has 1 nitrogen and oxygen atoms in total. The topological polar surface area (TPSA) is 12.0 Å². The van der Waals surface area contributed by atoms with Crippen molar-refractivity contribution in [2.24, 2.45) is 11.8 Å². The lowest BCUT2D eigenvalue weighted by atomic mass is 9.76. The van der Waals surface area contributed by atoms with E-state index in [-0.39, 0.29) is 0 Å². The summed E-state index contributed by atoms with van der Waals surface area (Å²) in [6.45, 7) is 2.32. The zero-order chi connectivity index (χ0) is 9.26. The first-order chi connectivity index (χ1) is 6.33. The summed E-state index contributed by atoms with van der Waals surface area (Å²) in [6, 6.07) is 0.612. The summed E-state index contributed by atoms with van der Waals surface area (Å²) in [5, 5.41) is 3.43. The highest BCUT2D eigenvalue weighted by Gasteiger charge is 2.29. The van der Waals surface area contributed by atoms with Crippen molar-refractivity contribution in [3.8, 4) is 0 Å². The van der Waals surface area contributed by atoms with E-state index in [2.05, 4.69) is 49.7 Å². The number of allylic oxidation sites excluding steroid dienone is 4. The predicted octanol–water partition coefficient (Wildman–Crippen LogP) is 2.28. The lowest BCUT2D eigenvalue weighted by Gasteiger charge is -2.35. The Kier molecular flexibility index (Phi) is 2.36. The van der Waals surface area contributed by atoms with Crippen molar-refractivity contribution in [3.63, 3.8) is 0 Å². The van der Waals surface area contributed by atoms with E-state index in [4.69, 9.17) is 0 Å². The van der Waals surface area contributed by atoms with Crippen LogP contribution in [0, 0.1) is 11.8 Å². The monoisotopic (exact) mass is 175 g/mol. The van der Waals surface area contributed by atoms with Crippen LogP contribution < -0.4 is 5.32 Å². The van der Waals surface area contributed by atoms with E-state index >= 15 is 0 Å². The van der Waals surface area contributed by atoms with Crippen molar-refractivity contribution in [2.45, 2.75) is 19.4 Å².